The van der Waals surface area contributed by atoms with Crippen LogP contribution in [-0.2, 0) is 17.0 Å². The molecule has 1 heterocycles. The molecule has 0 amide bonds. The normalized spacial score (nSPS) is 14.4. The fourth-order valence-electron chi connectivity index (χ4n) is 3.94. The van der Waals surface area contributed by atoms with E-state index in [0.29, 0.717) is 12.2 Å². The zero-order valence-corrected chi connectivity index (χ0v) is 19.2. The van der Waals surface area contributed by atoms with Gasteiger partial charge in [-0.2, -0.15) is 0 Å². The van der Waals surface area contributed by atoms with Gasteiger partial charge in [-0.25, -0.2) is 14.2 Å². The predicted molar refractivity (Wildman–Crippen MR) is 130 cm³/mol. The molecule has 0 bridgehead atoms. The smallest absolute Gasteiger partial charge is 0.341 e. The first-order chi connectivity index (χ1) is 16.1. The Labute approximate surface area is 199 Å². The Morgan fingerprint density at radius 1 is 1.12 bits per heavy atom. The van der Waals surface area contributed by atoms with E-state index >= 15 is 0 Å². The Balaban J connectivity index is 1.55. The maximum atomic E-state index is 13.9. The summed E-state index contributed by atoms with van der Waals surface area (Å²) < 4.78 is 19.5. The van der Waals surface area contributed by atoms with Gasteiger partial charge in [0.15, 0.2) is 6.61 Å². The average molecular weight is 478 g/mol. The Bertz CT molecular complexity index is 1310. The van der Waals surface area contributed by atoms with E-state index in [1.807, 2.05) is 54.2 Å². The highest BCUT2D eigenvalue weighted by molar-refractivity contribution is 7.98. The van der Waals surface area contributed by atoms with Gasteiger partial charge in [0.05, 0.1) is 5.69 Å². The molecule has 1 aliphatic carbocycles. The highest BCUT2D eigenvalue weighted by Crippen LogP contribution is 2.51. The van der Waals surface area contributed by atoms with E-state index in [2.05, 4.69) is 12.1 Å². The first-order valence-electron chi connectivity index (χ1n) is 10.5. The summed E-state index contributed by atoms with van der Waals surface area (Å²) in [4.78, 5) is 17.1. The molecule has 1 aliphatic rings. The summed E-state index contributed by atoms with van der Waals surface area (Å²) in [5.74, 6) is 0.110. The number of hydrogen-bond donors (Lipinski definition) is 1. The second kappa shape index (κ2) is 9.37. The summed E-state index contributed by atoms with van der Waals surface area (Å²) in [6.45, 7) is -0.392. The van der Waals surface area contributed by atoms with Crippen LogP contribution in [0.4, 0.5) is 4.39 Å². The Kier molecular flexibility index (Phi) is 6.15. The molecule has 0 fully saturated rings. The van der Waals surface area contributed by atoms with Gasteiger partial charge in [-0.05, 0) is 30.2 Å². The van der Waals surface area contributed by atoms with E-state index in [4.69, 9.17) is 14.8 Å². The molecule has 3 aromatic carbocycles. The summed E-state index contributed by atoms with van der Waals surface area (Å²) in [5, 5.41) is 9.98. The molecule has 4 nitrogen and oxygen atoms in total. The van der Waals surface area contributed by atoms with Crippen LogP contribution >= 0.6 is 23.1 Å². The zero-order valence-electron chi connectivity index (χ0n) is 17.5. The van der Waals surface area contributed by atoms with E-state index in [-0.39, 0.29) is 11.1 Å². The highest BCUT2D eigenvalue weighted by Gasteiger charge is 2.31. The van der Waals surface area contributed by atoms with Crippen molar-refractivity contribution in [3.05, 3.63) is 94.6 Å². The second-order valence-corrected chi connectivity index (χ2v) is 9.92. The lowest BCUT2D eigenvalue weighted by molar-refractivity contribution is -0.139. The maximum absolute atomic E-state index is 13.9. The molecule has 0 radical (unpaired) electrons. The Hall–Kier alpha value is -3.16. The summed E-state index contributed by atoms with van der Waals surface area (Å²) in [6, 6.07) is 22.4. The largest absolute Gasteiger partial charge is 0.482 e. The van der Waals surface area contributed by atoms with Gasteiger partial charge in [0, 0.05) is 32.6 Å². The summed E-state index contributed by atoms with van der Waals surface area (Å²) in [7, 11) is 0. The van der Waals surface area contributed by atoms with E-state index in [0.717, 1.165) is 38.0 Å². The number of aliphatic carboxylic acids is 1. The Morgan fingerprint density at radius 3 is 2.73 bits per heavy atom. The first-order valence-corrected chi connectivity index (χ1v) is 12.3. The van der Waals surface area contributed by atoms with E-state index < -0.39 is 12.6 Å². The molecule has 1 N–H and O–H groups in total. The van der Waals surface area contributed by atoms with Gasteiger partial charge in [0.2, 0.25) is 0 Å². The van der Waals surface area contributed by atoms with Crippen molar-refractivity contribution >= 4 is 29.1 Å². The van der Waals surface area contributed by atoms with Crippen molar-refractivity contribution in [3.8, 4) is 27.6 Å². The molecule has 0 aliphatic heterocycles. The van der Waals surface area contributed by atoms with Crippen molar-refractivity contribution in [1.29, 1.82) is 0 Å². The van der Waals surface area contributed by atoms with Gasteiger partial charge in [-0.15, -0.1) is 23.1 Å². The fraction of sp³-hybridized carbons (Fsp3) is 0.154. The highest BCUT2D eigenvalue weighted by atomic mass is 32.2. The van der Waals surface area contributed by atoms with Gasteiger partial charge in [0.1, 0.15) is 16.6 Å². The van der Waals surface area contributed by atoms with Crippen LogP contribution in [0.25, 0.3) is 21.8 Å². The molecule has 166 valence electrons. The number of benzene rings is 3. The lowest BCUT2D eigenvalue weighted by Gasteiger charge is -2.25. The fourth-order valence-corrected chi connectivity index (χ4v) is 6.48. The summed E-state index contributed by atoms with van der Waals surface area (Å²) in [5.41, 5.74) is 4.77. The summed E-state index contributed by atoms with van der Waals surface area (Å²) >= 11 is 3.42. The number of thioether (sulfide) groups is 1. The van der Waals surface area contributed by atoms with Crippen molar-refractivity contribution in [2.45, 2.75) is 17.4 Å². The maximum Gasteiger partial charge on any atom is 0.341 e. The van der Waals surface area contributed by atoms with Crippen molar-refractivity contribution in [3.63, 3.8) is 0 Å². The SMILES string of the molecule is O=C(O)COc1cccc2c1CC(SCc1ccccc1)c1sc(-c3cccc(F)c3)nc1-2. The number of thiazole rings is 1. The van der Waals surface area contributed by atoms with Crippen LogP contribution in [0.2, 0.25) is 0 Å². The number of aromatic nitrogens is 1. The van der Waals surface area contributed by atoms with Crippen LogP contribution in [0, 0.1) is 5.82 Å². The number of halogens is 1. The van der Waals surface area contributed by atoms with Crippen LogP contribution in [0.15, 0.2) is 72.8 Å². The summed E-state index contributed by atoms with van der Waals surface area (Å²) in [6.07, 6.45) is 0.709. The van der Waals surface area contributed by atoms with Gasteiger partial charge in [0.25, 0.3) is 0 Å². The molecule has 0 spiro atoms. The zero-order chi connectivity index (χ0) is 22.8. The van der Waals surface area contributed by atoms with Crippen LogP contribution < -0.4 is 4.74 Å². The van der Waals surface area contributed by atoms with Gasteiger partial charge >= 0.3 is 5.97 Å². The molecule has 7 heteroatoms. The van der Waals surface area contributed by atoms with Crippen molar-refractivity contribution in [1.82, 2.24) is 4.98 Å². The standard InChI is InChI=1S/C26H20FNO3S2/c27-18-9-4-8-17(12-18)26-28-24-19-10-5-11-21(31-14-23(29)30)20(19)13-22(25(24)33-26)32-15-16-6-2-1-3-7-16/h1-12,22H,13-15H2,(H,29,30). The number of rotatable bonds is 7. The third-order valence-corrected chi connectivity index (χ3v) is 8.11. The lowest BCUT2D eigenvalue weighted by atomic mass is 9.92. The Morgan fingerprint density at radius 2 is 1.94 bits per heavy atom. The van der Waals surface area contributed by atoms with Gasteiger partial charge in [-0.3, -0.25) is 0 Å². The lowest BCUT2D eigenvalue weighted by Crippen LogP contribution is -2.13. The number of hydrogen-bond acceptors (Lipinski definition) is 5. The molecule has 5 rings (SSSR count). The molecule has 0 saturated heterocycles. The van der Waals surface area contributed by atoms with Crippen LogP contribution in [0.5, 0.6) is 5.75 Å². The second-order valence-electron chi connectivity index (χ2n) is 7.70. The number of fused-ring (bicyclic) bond motifs is 3. The topological polar surface area (TPSA) is 59.4 Å². The molecule has 4 aromatic rings. The van der Waals surface area contributed by atoms with Gasteiger partial charge < -0.3 is 9.84 Å². The van der Waals surface area contributed by atoms with Crippen LogP contribution in [0.3, 0.4) is 0 Å². The first kappa shape index (κ1) is 21.7. The van der Waals surface area contributed by atoms with Crippen LogP contribution in [0.1, 0.15) is 21.3 Å². The quantitative estimate of drug-likeness (QED) is 0.325. The third kappa shape index (κ3) is 4.65. The van der Waals surface area contributed by atoms with E-state index in [1.54, 1.807) is 17.4 Å². The van der Waals surface area contributed by atoms with Gasteiger partial charge in [-0.1, -0.05) is 54.6 Å². The number of carboxylic acid groups (broad SMARTS) is 1. The van der Waals surface area contributed by atoms with E-state index in [1.165, 1.54) is 17.7 Å². The molecule has 1 aromatic heterocycles. The predicted octanol–water partition coefficient (Wildman–Crippen LogP) is 6.61. The molecule has 1 atom stereocenters. The minimum atomic E-state index is -1.01. The minimum absolute atomic E-state index is 0.127. The monoisotopic (exact) mass is 477 g/mol. The number of carbonyl (C=O) groups is 1. The van der Waals surface area contributed by atoms with Crippen LogP contribution in [-0.4, -0.2) is 22.7 Å². The minimum Gasteiger partial charge on any atom is -0.482 e. The third-order valence-electron chi connectivity index (χ3n) is 5.44. The van der Waals surface area contributed by atoms with Crippen molar-refractivity contribution < 1.29 is 19.0 Å². The average Bonchev–Trinajstić information content (AvgIpc) is 3.28. The number of nitrogens with zero attached hydrogens (tertiary/aromatic N) is 1. The van der Waals surface area contributed by atoms with E-state index in [9.17, 15) is 9.18 Å². The van der Waals surface area contributed by atoms with Crippen molar-refractivity contribution in [2.75, 3.05) is 6.61 Å². The molecular formula is C26H20FNO3S2. The number of ether oxygens (including phenoxy) is 1. The molecular weight excluding hydrogens is 457 g/mol. The number of carboxylic acids is 1. The molecule has 0 saturated carbocycles. The van der Waals surface area contributed by atoms with Crippen molar-refractivity contribution in [2.24, 2.45) is 0 Å². The molecule has 33 heavy (non-hydrogen) atoms. The molecule has 1 unspecified atom stereocenters.